The van der Waals surface area contributed by atoms with E-state index in [1.807, 2.05) is 22.7 Å². The smallest absolute Gasteiger partial charge is 0.258 e. The Labute approximate surface area is 182 Å². The van der Waals surface area contributed by atoms with Gasteiger partial charge in [0, 0.05) is 23.5 Å². The first-order valence-electron chi connectivity index (χ1n) is 10.4. The molecule has 2 aromatic heterocycles. The summed E-state index contributed by atoms with van der Waals surface area (Å²) < 4.78 is 7.45. The van der Waals surface area contributed by atoms with E-state index in [0.717, 1.165) is 22.5 Å². The summed E-state index contributed by atoms with van der Waals surface area (Å²) >= 11 is 0. The molecule has 1 N–H and O–H groups in total. The van der Waals surface area contributed by atoms with Crippen molar-refractivity contribution in [3.8, 4) is 34.5 Å². The molecule has 0 amide bonds. The zero-order chi connectivity index (χ0) is 21.6. The minimum atomic E-state index is 0.463. The van der Waals surface area contributed by atoms with E-state index < -0.39 is 0 Å². The molecule has 1 aliphatic heterocycles. The lowest BCUT2D eigenvalue weighted by Gasteiger charge is -2.14. The molecule has 156 valence electrons. The number of aryl methyl sites for hydroxylation is 1. The third kappa shape index (κ3) is 4.42. The van der Waals surface area contributed by atoms with Gasteiger partial charge in [0.2, 0.25) is 5.65 Å². The molecule has 1 saturated heterocycles. The maximum atomic E-state index is 9.06. The number of hydrogen-bond donors (Lipinski definition) is 1. The number of methoxy groups -OCH3 is 1. The Kier molecular flexibility index (Phi) is 6.25. The fraction of sp³-hybridized carbons (Fsp3) is 0.240. The second kappa shape index (κ2) is 9.41. The molecule has 0 atom stereocenters. The summed E-state index contributed by atoms with van der Waals surface area (Å²) in [5, 5.41) is 12.3. The summed E-state index contributed by atoms with van der Waals surface area (Å²) in [6.45, 7) is 4.56. The number of nitriles is 1. The van der Waals surface area contributed by atoms with E-state index in [4.69, 9.17) is 15.0 Å². The summed E-state index contributed by atoms with van der Waals surface area (Å²) in [5.41, 5.74) is 6.13. The first-order valence-corrected chi connectivity index (χ1v) is 10.4. The summed E-state index contributed by atoms with van der Waals surface area (Å²) in [4.78, 5) is 9.12. The highest BCUT2D eigenvalue weighted by molar-refractivity contribution is 5.81. The summed E-state index contributed by atoms with van der Waals surface area (Å²) in [5.74, 6) is 0.463. The van der Waals surface area contributed by atoms with Crippen LogP contribution in [0.1, 0.15) is 24.0 Å². The van der Waals surface area contributed by atoms with Crippen molar-refractivity contribution in [3.05, 3.63) is 72.1 Å². The Morgan fingerprint density at radius 2 is 1.68 bits per heavy atom. The van der Waals surface area contributed by atoms with E-state index >= 15 is 0 Å². The van der Waals surface area contributed by atoms with Crippen LogP contribution in [0.15, 0.2) is 60.9 Å². The third-order valence-electron chi connectivity index (χ3n) is 5.27. The maximum absolute atomic E-state index is 9.06. The Morgan fingerprint density at radius 1 is 1.00 bits per heavy atom. The lowest BCUT2D eigenvalue weighted by Crippen LogP contribution is -2.03. The van der Waals surface area contributed by atoms with Crippen LogP contribution in [0, 0.1) is 18.3 Å². The molecule has 6 nitrogen and oxygen atoms in total. The minimum absolute atomic E-state index is 0.463. The van der Waals surface area contributed by atoms with E-state index in [0.29, 0.717) is 17.1 Å². The molecule has 4 aromatic rings. The van der Waals surface area contributed by atoms with Crippen molar-refractivity contribution < 1.29 is 4.74 Å². The zero-order valence-corrected chi connectivity index (χ0v) is 17.8. The number of nitrogens with zero attached hydrogens (tertiary/aromatic N) is 4. The molecule has 0 saturated carbocycles. The van der Waals surface area contributed by atoms with Gasteiger partial charge in [-0.3, -0.25) is 4.40 Å². The normalized spacial score (nSPS) is 12.8. The van der Waals surface area contributed by atoms with Crippen LogP contribution >= 0.6 is 0 Å². The number of imidazole rings is 1. The Balaban J connectivity index is 0.000000407. The van der Waals surface area contributed by atoms with Crippen LogP contribution in [0.25, 0.3) is 28.2 Å². The first kappa shape index (κ1) is 20.6. The van der Waals surface area contributed by atoms with Crippen LogP contribution in [0.3, 0.4) is 0 Å². The van der Waals surface area contributed by atoms with Crippen molar-refractivity contribution in [1.29, 1.82) is 5.26 Å². The predicted octanol–water partition coefficient (Wildman–Crippen LogP) is 4.62. The molecule has 5 rings (SSSR count). The van der Waals surface area contributed by atoms with Gasteiger partial charge in [-0.05, 0) is 45.0 Å². The van der Waals surface area contributed by atoms with Gasteiger partial charge >= 0.3 is 0 Å². The number of hydrogen-bond acceptors (Lipinski definition) is 5. The van der Waals surface area contributed by atoms with Gasteiger partial charge in [-0.25, -0.2) is 9.97 Å². The van der Waals surface area contributed by atoms with Gasteiger partial charge in [0.15, 0.2) is 0 Å². The largest absolute Gasteiger partial charge is 0.478 e. The number of nitrogens with one attached hydrogen (secondary N) is 1. The van der Waals surface area contributed by atoms with E-state index in [2.05, 4.69) is 47.6 Å². The van der Waals surface area contributed by atoms with Gasteiger partial charge in [0.1, 0.15) is 0 Å². The number of aromatic nitrogens is 3. The molecule has 3 heterocycles. The van der Waals surface area contributed by atoms with E-state index in [9.17, 15) is 0 Å². The standard InChI is InChI=1S/C21H16N4O.C4H9N/c1-14-3-7-17(8-4-14)19-18(16-9-5-15(13-22)6-10-16)24-21(26-2)20-23-11-12-25(19)20;1-2-4-5-3-1/h3-12H,1-2H3;5H,1-4H2. The van der Waals surface area contributed by atoms with Crippen LogP contribution < -0.4 is 10.1 Å². The molecular formula is C25H25N5O. The SMILES string of the molecule is C1CCNC1.COc1nc(-c2ccc(C#N)cc2)c(-c2ccc(C)cc2)n2ccnc12. The van der Waals surface area contributed by atoms with Gasteiger partial charge in [0.05, 0.1) is 30.1 Å². The lowest BCUT2D eigenvalue weighted by molar-refractivity contribution is 0.401. The number of fused-ring (bicyclic) bond motifs is 1. The second-order valence-electron chi connectivity index (χ2n) is 7.45. The highest BCUT2D eigenvalue weighted by Gasteiger charge is 2.18. The number of benzene rings is 2. The van der Waals surface area contributed by atoms with Crippen LogP contribution in [-0.4, -0.2) is 34.6 Å². The van der Waals surface area contributed by atoms with Gasteiger partial charge in [-0.2, -0.15) is 5.26 Å². The van der Waals surface area contributed by atoms with Crippen molar-refractivity contribution in [2.45, 2.75) is 19.8 Å². The first-order chi connectivity index (χ1) is 15.2. The molecule has 0 bridgehead atoms. The topological polar surface area (TPSA) is 75.2 Å². The highest BCUT2D eigenvalue weighted by atomic mass is 16.5. The van der Waals surface area contributed by atoms with Crippen LogP contribution in [0.2, 0.25) is 0 Å². The van der Waals surface area contributed by atoms with Crippen molar-refractivity contribution >= 4 is 5.65 Å². The molecule has 2 aromatic carbocycles. The van der Waals surface area contributed by atoms with E-state index in [1.54, 1.807) is 25.4 Å². The third-order valence-corrected chi connectivity index (χ3v) is 5.27. The van der Waals surface area contributed by atoms with E-state index in [1.165, 1.54) is 31.5 Å². The predicted molar refractivity (Wildman–Crippen MR) is 122 cm³/mol. The maximum Gasteiger partial charge on any atom is 0.258 e. The molecule has 6 heteroatoms. The Morgan fingerprint density at radius 3 is 2.26 bits per heavy atom. The average Bonchev–Trinajstić information content (AvgIpc) is 3.54. The molecule has 0 radical (unpaired) electrons. The summed E-state index contributed by atoms with van der Waals surface area (Å²) in [7, 11) is 1.59. The Bertz CT molecular complexity index is 1190. The van der Waals surface area contributed by atoms with Gasteiger partial charge < -0.3 is 10.1 Å². The molecule has 31 heavy (non-hydrogen) atoms. The summed E-state index contributed by atoms with van der Waals surface area (Å²) in [6, 6.07) is 17.8. The van der Waals surface area contributed by atoms with Crippen LogP contribution in [0.5, 0.6) is 5.88 Å². The quantitative estimate of drug-likeness (QED) is 0.532. The fourth-order valence-electron chi connectivity index (χ4n) is 3.61. The van der Waals surface area contributed by atoms with E-state index in [-0.39, 0.29) is 0 Å². The van der Waals surface area contributed by atoms with Gasteiger partial charge in [-0.1, -0.05) is 42.0 Å². The van der Waals surface area contributed by atoms with Gasteiger partial charge in [-0.15, -0.1) is 0 Å². The number of ether oxygens (including phenoxy) is 1. The molecular weight excluding hydrogens is 386 g/mol. The van der Waals surface area contributed by atoms with Crippen LogP contribution in [0.4, 0.5) is 0 Å². The van der Waals surface area contributed by atoms with Crippen molar-refractivity contribution in [2.75, 3.05) is 20.2 Å². The molecule has 0 unspecified atom stereocenters. The van der Waals surface area contributed by atoms with Crippen molar-refractivity contribution in [2.24, 2.45) is 0 Å². The van der Waals surface area contributed by atoms with Crippen LogP contribution in [-0.2, 0) is 0 Å². The average molecular weight is 412 g/mol. The molecule has 0 aliphatic carbocycles. The van der Waals surface area contributed by atoms with Crippen molar-refractivity contribution in [1.82, 2.24) is 19.7 Å². The zero-order valence-electron chi connectivity index (χ0n) is 17.8. The molecule has 1 fully saturated rings. The fourth-order valence-corrected chi connectivity index (χ4v) is 3.61. The molecule has 1 aliphatic rings. The van der Waals surface area contributed by atoms with Gasteiger partial charge in [0.25, 0.3) is 5.88 Å². The second-order valence-corrected chi connectivity index (χ2v) is 7.45. The Hall–Kier alpha value is -3.69. The molecule has 0 spiro atoms. The highest BCUT2D eigenvalue weighted by Crippen LogP contribution is 2.34. The minimum Gasteiger partial charge on any atom is -0.478 e. The van der Waals surface area contributed by atoms with Crippen molar-refractivity contribution in [3.63, 3.8) is 0 Å². The number of rotatable bonds is 3. The summed E-state index contributed by atoms with van der Waals surface area (Å²) in [6.07, 6.45) is 6.42. The monoisotopic (exact) mass is 411 g/mol. The lowest BCUT2D eigenvalue weighted by atomic mass is 10.0.